The number of carbonyl (C=O) groups excluding carboxylic acids is 1. The number of phenols is 1. The smallest absolute Gasteiger partial charge is 0.288 e. The highest BCUT2D eigenvalue weighted by molar-refractivity contribution is 7.09. The van der Waals surface area contributed by atoms with Gasteiger partial charge in [-0.2, -0.15) is 0 Å². The summed E-state index contributed by atoms with van der Waals surface area (Å²) < 4.78 is 28.8. The number of amides is 1. The zero-order valence-electron chi connectivity index (χ0n) is 18.0. The SMILES string of the molecule is CF.CN(C)C(=O)c1cccc(Nc2c(NCc3cccs3)c(=O)[nH][nH]c2=O)c1O.FCF. The van der Waals surface area contributed by atoms with Gasteiger partial charge in [-0.05, 0) is 23.6 Å². The second-order valence-electron chi connectivity index (χ2n) is 6.22. The van der Waals surface area contributed by atoms with Gasteiger partial charge >= 0.3 is 0 Å². The Labute approximate surface area is 190 Å². The van der Waals surface area contributed by atoms with E-state index >= 15 is 0 Å². The van der Waals surface area contributed by atoms with Gasteiger partial charge in [0, 0.05) is 25.5 Å². The van der Waals surface area contributed by atoms with Crippen LogP contribution in [-0.2, 0) is 6.54 Å². The number of H-pyrrole nitrogens is 2. The van der Waals surface area contributed by atoms with E-state index in [-0.39, 0.29) is 28.4 Å². The molecule has 2 aromatic heterocycles. The Hall–Kier alpha value is -3.74. The maximum atomic E-state index is 12.3. The van der Waals surface area contributed by atoms with Crippen LogP contribution in [-0.4, -0.2) is 54.3 Å². The van der Waals surface area contributed by atoms with Crippen LogP contribution in [0.2, 0.25) is 0 Å². The Morgan fingerprint density at radius 1 is 1.06 bits per heavy atom. The van der Waals surface area contributed by atoms with Crippen LogP contribution in [0.1, 0.15) is 15.2 Å². The van der Waals surface area contributed by atoms with Crippen LogP contribution >= 0.6 is 11.3 Å². The topological polar surface area (TPSA) is 130 Å². The number of aromatic hydroxyl groups is 1. The van der Waals surface area contributed by atoms with Gasteiger partial charge in [0.05, 0.1) is 18.4 Å². The molecule has 5 N–H and O–H groups in total. The van der Waals surface area contributed by atoms with Gasteiger partial charge in [0.25, 0.3) is 17.0 Å². The van der Waals surface area contributed by atoms with Crippen LogP contribution in [0, 0.1) is 0 Å². The van der Waals surface area contributed by atoms with Crippen molar-refractivity contribution in [1.82, 2.24) is 15.1 Å². The number of thiophene rings is 1. The minimum Gasteiger partial charge on any atom is -0.505 e. The third-order valence-corrected chi connectivity index (χ3v) is 4.82. The van der Waals surface area contributed by atoms with Crippen molar-refractivity contribution >= 4 is 34.3 Å². The van der Waals surface area contributed by atoms with Crippen molar-refractivity contribution in [3.8, 4) is 5.75 Å². The Kier molecular flexibility index (Phi) is 11.3. The van der Waals surface area contributed by atoms with E-state index in [0.29, 0.717) is 13.7 Å². The number of alkyl halides is 3. The van der Waals surface area contributed by atoms with Crippen LogP contribution in [0.3, 0.4) is 0 Å². The lowest BCUT2D eigenvalue weighted by atomic mass is 10.1. The quantitative estimate of drug-likeness (QED) is 0.339. The third kappa shape index (κ3) is 7.42. The van der Waals surface area contributed by atoms with Gasteiger partial charge in [0.2, 0.25) is 6.93 Å². The van der Waals surface area contributed by atoms with Gasteiger partial charge < -0.3 is 20.6 Å². The second kappa shape index (κ2) is 13.6. The van der Waals surface area contributed by atoms with Crippen molar-refractivity contribution in [1.29, 1.82) is 0 Å². The number of benzene rings is 1. The van der Waals surface area contributed by atoms with Crippen molar-refractivity contribution in [2.24, 2.45) is 0 Å². The molecule has 0 unspecified atom stereocenters. The fourth-order valence-electron chi connectivity index (χ4n) is 2.53. The van der Waals surface area contributed by atoms with Crippen molar-refractivity contribution in [2.75, 3.05) is 38.8 Å². The molecule has 1 aromatic carbocycles. The molecule has 0 saturated carbocycles. The van der Waals surface area contributed by atoms with Crippen molar-refractivity contribution in [3.63, 3.8) is 0 Å². The molecule has 0 radical (unpaired) electrons. The average molecular weight is 488 g/mol. The second-order valence-corrected chi connectivity index (χ2v) is 7.25. The summed E-state index contributed by atoms with van der Waals surface area (Å²) in [4.78, 5) is 39.1. The fourth-order valence-corrected chi connectivity index (χ4v) is 3.18. The molecule has 0 saturated heterocycles. The van der Waals surface area contributed by atoms with E-state index in [9.17, 15) is 32.7 Å². The molecular formula is C20H24F3N5O4S. The number of nitrogens with zero attached hydrogens (tertiary/aromatic N) is 1. The zero-order chi connectivity index (χ0) is 25.0. The molecule has 13 heteroatoms. The number of anilines is 3. The number of carbonyl (C=O) groups is 1. The lowest BCUT2D eigenvalue weighted by Gasteiger charge is -2.16. The first-order valence-electron chi connectivity index (χ1n) is 9.21. The molecule has 1 amide bonds. The number of rotatable bonds is 6. The van der Waals surface area contributed by atoms with Gasteiger partial charge in [-0.3, -0.25) is 29.0 Å². The first-order chi connectivity index (χ1) is 15.8. The van der Waals surface area contributed by atoms with E-state index in [2.05, 4.69) is 20.8 Å². The molecule has 9 nitrogen and oxygen atoms in total. The lowest BCUT2D eigenvalue weighted by Crippen LogP contribution is -2.26. The maximum Gasteiger partial charge on any atom is 0.288 e. The van der Waals surface area contributed by atoms with E-state index in [4.69, 9.17) is 0 Å². The number of phenolic OH excluding ortho intramolecular Hbond substituents is 1. The molecule has 0 spiro atoms. The molecule has 0 aliphatic rings. The fraction of sp³-hybridized carbons (Fsp3) is 0.250. The zero-order valence-corrected chi connectivity index (χ0v) is 18.9. The minimum atomic E-state index is -1.75. The van der Waals surface area contributed by atoms with Crippen LogP contribution in [0.4, 0.5) is 30.2 Å². The van der Waals surface area contributed by atoms with Crippen molar-refractivity contribution in [3.05, 3.63) is 66.9 Å². The highest BCUT2D eigenvalue weighted by Crippen LogP contribution is 2.31. The molecule has 0 atom stereocenters. The average Bonchev–Trinajstić information content (AvgIpc) is 3.32. The number of aromatic amines is 2. The van der Waals surface area contributed by atoms with Gasteiger partial charge in [0.15, 0.2) is 5.75 Å². The summed E-state index contributed by atoms with van der Waals surface area (Å²) >= 11 is 1.51. The van der Waals surface area contributed by atoms with Gasteiger partial charge in [-0.15, -0.1) is 11.3 Å². The molecule has 33 heavy (non-hydrogen) atoms. The van der Waals surface area contributed by atoms with E-state index in [1.807, 2.05) is 17.5 Å². The number of hydrogen-bond acceptors (Lipinski definition) is 7. The summed E-state index contributed by atoms with van der Waals surface area (Å²) in [6, 6.07) is 8.33. The van der Waals surface area contributed by atoms with Crippen LogP contribution in [0.15, 0.2) is 45.3 Å². The summed E-state index contributed by atoms with van der Waals surface area (Å²) in [5.74, 6) is -0.706. The Balaban J connectivity index is 0.00000101. The summed E-state index contributed by atoms with van der Waals surface area (Å²) in [6.45, 7) is -1.40. The first-order valence-corrected chi connectivity index (χ1v) is 10.1. The molecule has 3 rings (SSSR count). The molecule has 180 valence electrons. The molecule has 0 bridgehead atoms. The standard InChI is InChI=1S/C18H19N5O4S.CH2F2.CH3F/c1-23(2)18(27)11-6-3-7-12(15(11)24)20-14-13(16(25)21-22-17(14)26)19-9-10-5-4-8-28-10;2-1-3;1-2/h3-8,24H,9H2,1-2H3,(H2,19,22,26)(H2,20,21,25);1H2;1H3. The Bertz CT molecular complexity index is 1130. The number of para-hydroxylation sites is 1. The molecule has 3 aromatic rings. The molecular weight excluding hydrogens is 463 g/mol. The van der Waals surface area contributed by atoms with Gasteiger partial charge in [0.1, 0.15) is 11.4 Å². The van der Waals surface area contributed by atoms with E-state index in [1.54, 1.807) is 20.2 Å². The maximum absolute atomic E-state index is 12.3. The van der Waals surface area contributed by atoms with E-state index < -0.39 is 24.0 Å². The molecule has 0 aliphatic heterocycles. The summed E-state index contributed by atoms with van der Waals surface area (Å²) in [7, 11) is 3.63. The van der Waals surface area contributed by atoms with Crippen molar-refractivity contribution < 1.29 is 23.1 Å². The number of aromatic nitrogens is 2. The molecule has 0 aliphatic carbocycles. The number of halogens is 3. The lowest BCUT2D eigenvalue weighted by molar-refractivity contribution is 0.0824. The van der Waals surface area contributed by atoms with E-state index in [0.717, 1.165) is 4.88 Å². The highest BCUT2D eigenvalue weighted by atomic mass is 32.1. The molecule has 0 fully saturated rings. The monoisotopic (exact) mass is 487 g/mol. The third-order valence-electron chi connectivity index (χ3n) is 3.95. The highest BCUT2D eigenvalue weighted by Gasteiger charge is 2.18. The summed E-state index contributed by atoms with van der Waals surface area (Å²) in [6.07, 6.45) is 0. The predicted octanol–water partition coefficient (Wildman–Crippen LogP) is 3.36. The minimum absolute atomic E-state index is 0.0286. The first kappa shape index (κ1) is 27.3. The van der Waals surface area contributed by atoms with Gasteiger partial charge in [-0.1, -0.05) is 12.1 Å². The molecule has 2 heterocycles. The van der Waals surface area contributed by atoms with Gasteiger partial charge in [-0.25, -0.2) is 8.78 Å². The van der Waals surface area contributed by atoms with Crippen LogP contribution in [0.25, 0.3) is 0 Å². The van der Waals surface area contributed by atoms with Crippen LogP contribution < -0.4 is 21.8 Å². The van der Waals surface area contributed by atoms with Crippen LogP contribution in [0.5, 0.6) is 5.75 Å². The normalized spacial score (nSPS) is 9.64. The summed E-state index contributed by atoms with van der Waals surface area (Å²) in [5, 5.41) is 22.6. The summed E-state index contributed by atoms with van der Waals surface area (Å²) in [5.41, 5.74) is -0.950. The van der Waals surface area contributed by atoms with Crippen molar-refractivity contribution in [2.45, 2.75) is 6.54 Å². The van der Waals surface area contributed by atoms with E-state index in [1.165, 1.54) is 28.4 Å². The predicted molar refractivity (Wildman–Crippen MR) is 123 cm³/mol. The largest absolute Gasteiger partial charge is 0.505 e. The Morgan fingerprint density at radius 2 is 1.67 bits per heavy atom. The Morgan fingerprint density at radius 3 is 2.21 bits per heavy atom. The number of hydrogen-bond donors (Lipinski definition) is 5. The number of nitrogens with one attached hydrogen (secondary N) is 4.